The van der Waals surface area contributed by atoms with Crippen molar-refractivity contribution in [3.63, 3.8) is 0 Å². The van der Waals surface area contributed by atoms with E-state index < -0.39 is 18.8 Å². The van der Waals surface area contributed by atoms with Crippen LogP contribution >= 0.6 is 69.6 Å². The molecule has 8 heteroatoms. The van der Waals surface area contributed by atoms with Crippen molar-refractivity contribution >= 4 is 69.6 Å². The molecule has 1 rings (SSSR count). The van der Waals surface area contributed by atoms with Crippen molar-refractivity contribution in [2.45, 2.75) is 32.6 Å². The molecule has 0 aliphatic heterocycles. The Hall–Kier alpha value is 0.880. The van der Waals surface area contributed by atoms with Gasteiger partial charge in [0.15, 0.2) is 0 Å². The first-order chi connectivity index (χ1) is 8.71. The third-order valence-electron chi connectivity index (χ3n) is 3.11. The maximum absolute atomic E-state index is 10.2. The fourth-order valence-electron chi connectivity index (χ4n) is 1.45. The summed E-state index contributed by atoms with van der Waals surface area (Å²) in [7, 11) is 0. The normalized spacial score (nSPS) is 19.3. The molecule has 0 bridgehead atoms. The van der Waals surface area contributed by atoms with E-state index >= 15 is 0 Å². The lowest BCUT2D eigenvalue weighted by atomic mass is 9.92. The van der Waals surface area contributed by atoms with E-state index in [1.807, 2.05) is 0 Å². The molecular formula is C12H12Cl6O2. The van der Waals surface area contributed by atoms with Gasteiger partial charge in [-0.3, -0.25) is 0 Å². The van der Waals surface area contributed by atoms with Crippen LogP contribution in [0.1, 0.15) is 25.0 Å². The molecule has 0 radical (unpaired) electrons. The third kappa shape index (κ3) is 3.61. The van der Waals surface area contributed by atoms with Crippen LogP contribution in [0.4, 0.5) is 0 Å². The topological polar surface area (TPSA) is 40.5 Å². The second-order valence-corrected chi connectivity index (χ2v) is 9.28. The average molecular weight is 401 g/mol. The fourth-order valence-corrected chi connectivity index (χ4v) is 2.10. The maximum atomic E-state index is 10.2. The number of hydrogen-bond donors (Lipinski definition) is 2. The first-order valence-electron chi connectivity index (χ1n) is 5.40. The van der Waals surface area contributed by atoms with Crippen LogP contribution in [0.3, 0.4) is 0 Å². The molecule has 0 fully saturated rings. The van der Waals surface area contributed by atoms with Gasteiger partial charge in [0.2, 0.25) is 7.59 Å². The molecule has 0 saturated carbocycles. The highest BCUT2D eigenvalue weighted by molar-refractivity contribution is 6.68. The highest BCUT2D eigenvalue weighted by Gasteiger charge is 2.46. The molecule has 0 aliphatic rings. The lowest BCUT2D eigenvalue weighted by Gasteiger charge is -2.33. The molecule has 0 saturated heterocycles. The van der Waals surface area contributed by atoms with E-state index in [1.165, 1.54) is 38.1 Å². The van der Waals surface area contributed by atoms with Crippen molar-refractivity contribution in [2.75, 3.05) is 0 Å². The molecule has 0 amide bonds. The molecular weight excluding hydrogens is 389 g/mol. The Kier molecular flexibility index (Phi) is 5.51. The Morgan fingerprint density at radius 3 is 1.00 bits per heavy atom. The highest BCUT2D eigenvalue weighted by Crippen LogP contribution is 2.47. The van der Waals surface area contributed by atoms with E-state index in [0.29, 0.717) is 11.1 Å². The molecule has 114 valence electrons. The monoisotopic (exact) mass is 398 g/mol. The molecule has 2 atom stereocenters. The Morgan fingerprint density at radius 2 is 0.850 bits per heavy atom. The molecule has 0 heterocycles. The number of benzene rings is 1. The predicted octanol–water partition coefficient (Wildman–Crippen LogP) is 4.84. The predicted molar refractivity (Wildman–Crippen MR) is 86.2 cm³/mol. The molecule has 0 spiro atoms. The van der Waals surface area contributed by atoms with Crippen LogP contribution in [0.2, 0.25) is 0 Å². The third-order valence-corrected chi connectivity index (χ3v) is 5.32. The van der Waals surface area contributed by atoms with Gasteiger partial charge in [-0.25, -0.2) is 0 Å². The number of halogens is 6. The molecule has 2 nitrogen and oxygen atoms in total. The minimum absolute atomic E-state index is 0.348. The quantitative estimate of drug-likeness (QED) is 0.697. The van der Waals surface area contributed by atoms with E-state index in [9.17, 15) is 10.2 Å². The van der Waals surface area contributed by atoms with Gasteiger partial charge in [-0.15, -0.1) is 0 Å². The van der Waals surface area contributed by atoms with E-state index in [2.05, 4.69) is 0 Å². The van der Waals surface area contributed by atoms with Crippen LogP contribution in [0.5, 0.6) is 0 Å². The van der Waals surface area contributed by atoms with Gasteiger partial charge in [0, 0.05) is 0 Å². The zero-order chi connectivity index (χ0) is 16.0. The number of rotatable bonds is 2. The lowest BCUT2D eigenvalue weighted by Crippen LogP contribution is -2.38. The van der Waals surface area contributed by atoms with Crippen LogP contribution in [0, 0.1) is 0 Å². The Bertz CT molecular complexity index is 425. The summed E-state index contributed by atoms with van der Waals surface area (Å²) in [5.74, 6) is 0. The largest absolute Gasteiger partial charge is 0.381 e. The summed E-state index contributed by atoms with van der Waals surface area (Å²) in [6.45, 7) is 2.73. The summed E-state index contributed by atoms with van der Waals surface area (Å²) in [5.41, 5.74) is -2.72. The molecule has 0 aliphatic carbocycles. The maximum Gasteiger partial charge on any atom is 0.222 e. The van der Waals surface area contributed by atoms with Gasteiger partial charge in [-0.1, -0.05) is 93.9 Å². The smallest absolute Gasteiger partial charge is 0.222 e. The fraction of sp³-hybridized carbons (Fsp3) is 0.500. The van der Waals surface area contributed by atoms with E-state index in [1.54, 1.807) is 0 Å². The highest BCUT2D eigenvalue weighted by atomic mass is 35.6. The SMILES string of the molecule is CC(O)(c1ccc(C(C)(O)C(Cl)(Cl)Cl)cc1)C(Cl)(Cl)Cl. The summed E-state index contributed by atoms with van der Waals surface area (Å²) < 4.78 is -3.82. The van der Waals surface area contributed by atoms with E-state index in [0.717, 1.165) is 0 Å². The van der Waals surface area contributed by atoms with Crippen molar-refractivity contribution in [1.29, 1.82) is 0 Å². The standard InChI is InChI=1S/C12H12Cl6O2/c1-9(19,11(13,14)15)7-3-5-8(6-4-7)10(2,20)12(16,17)18/h3-6,19-20H,1-2H3. The van der Waals surface area contributed by atoms with Crippen LogP contribution in [-0.4, -0.2) is 17.8 Å². The first-order valence-corrected chi connectivity index (χ1v) is 7.67. The molecule has 1 aromatic rings. The van der Waals surface area contributed by atoms with Gasteiger partial charge in [0.05, 0.1) is 0 Å². The van der Waals surface area contributed by atoms with E-state index in [-0.39, 0.29) is 0 Å². The Labute approximate surface area is 147 Å². The van der Waals surface area contributed by atoms with E-state index in [4.69, 9.17) is 69.6 Å². The Balaban J connectivity index is 3.20. The second kappa shape index (κ2) is 5.82. The molecule has 2 unspecified atom stereocenters. The van der Waals surface area contributed by atoms with Gasteiger partial charge in [0.25, 0.3) is 0 Å². The van der Waals surface area contributed by atoms with Gasteiger partial charge in [-0.05, 0) is 25.0 Å². The average Bonchev–Trinajstić information content (AvgIpc) is 2.26. The van der Waals surface area contributed by atoms with Gasteiger partial charge < -0.3 is 10.2 Å². The summed E-state index contributed by atoms with van der Waals surface area (Å²) in [4.78, 5) is 0. The molecule has 1 aromatic carbocycles. The van der Waals surface area contributed by atoms with Crippen molar-refractivity contribution < 1.29 is 10.2 Å². The lowest BCUT2D eigenvalue weighted by molar-refractivity contribution is 0.0574. The minimum atomic E-state index is -1.91. The summed E-state index contributed by atoms with van der Waals surface area (Å²) in [6.07, 6.45) is 0. The molecule has 2 N–H and O–H groups in total. The van der Waals surface area contributed by atoms with Crippen molar-refractivity contribution in [3.05, 3.63) is 35.4 Å². The Morgan fingerprint density at radius 1 is 0.650 bits per heavy atom. The summed E-state index contributed by atoms with van der Waals surface area (Å²) >= 11 is 34.4. The number of hydrogen-bond acceptors (Lipinski definition) is 2. The van der Waals surface area contributed by atoms with Crippen LogP contribution in [0.25, 0.3) is 0 Å². The van der Waals surface area contributed by atoms with Gasteiger partial charge >= 0.3 is 0 Å². The molecule has 20 heavy (non-hydrogen) atoms. The zero-order valence-corrected chi connectivity index (χ0v) is 15.0. The van der Waals surface area contributed by atoms with Crippen LogP contribution in [-0.2, 0) is 11.2 Å². The molecule has 0 aromatic heterocycles. The minimum Gasteiger partial charge on any atom is -0.381 e. The first kappa shape index (κ1) is 18.9. The van der Waals surface area contributed by atoms with Crippen molar-refractivity contribution in [2.24, 2.45) is 0 Å². The number of aliphatic hydroxyl groups is 2. The van der Waals surface area contributed by atoms with Crippen LogP contribution < -0.4 is 0 Å². The van der Waals surface area contributed by atoms with Gasteiger partial charge in [-0.2, -0.15) is 0 Å². The van der Waals surface area contributed by atoms with Gasteiger partial charge in [0.1, 0.15) is 11.2 Å². The van der Waals surface area contributed by atoms with Crippen molar-refractivity contribution in [3.8, 4) is 0 Å². The van der Waals surface area contributed by atoms with Crippen molar-refractivity contribution in [1.82, 2.24) is 0 Å². The number of alkyl halides is 6. The second-order valence-electron chi connectivity index (χ2n) is 4.72. The summed E-state index contributed by atoms with van der Waals surface area (Å²) in [5, 5.41) is 20.5. The summed E-state index contributed by atoms with van der Waals surface area (Å²) in [6, 6.07) is 5.95. The van der Waals surface area contributed by atoms with Crippen LogP contribution in [0.15, 0.2) is 24.3 Å². The zero-order valence-electron chi connectivity index (χ0n) is 10.5.